The number of fused-ring (bicyclic) bond motifs is 3. The van der Waals surface area contributed by atoms with Gasteiger partial charge in [-0.25, -0.2) is 0 Å². The second kappa shape index (κ2) is 5.35. The lowest BCUT2D eigenvalue weighted by atomic mass is 10.0. The predicted molar refractivity (Wildman–Crippen MR) is 82.1 cm³/mol. The number of hydrogen-bond donors (Lipinski definition) is 2. The third-order valence-corrected chi connectivity index (χ3v) is 3.31. The van der Waals surface area contributed by atoms with Crippen molar-refractivity contribution >= 4 is 24.3 Å². The van der Waals surface area contributed by atoms with Gasteiger partial charge in [-0.05, 0) is 34.7 Å². The molecule has 0 radical (unpaired) electrons. The molecular formula is C15H14ClN3O. The molecule has 0 aliphatic heterocycles. The third kappa shape index (κ3) is 2.26. The Balaban J connectivity index is 0.00000147. The smallest absolute Gasteiger partial charge is 0.280 e. The highest BCUT2D eigenvalue weighted by atomic mass is 35.5. The maximum atomic E-state index is 12.0. The SMILES string of the molecule is Cl.NC(N)=NC(=O)c1cccc2c1Cc1ccccc1-2. The van der Waals surface area contributed by atoms with Gasteiger partial charge >= 0.3 is 0 Å². The zero-order valence-corrected chi connectivity index (χ0v) is 11.5. The number of rotatable bonds is 1. The molecule has 0 heterocycles. The number of hydrogen-bond acceptors (Lipinski definition) is 1. The molecule has 0 fully saturated rings. The Hall–Kier alpha value is -2.33. The lowest BCUT2D eigenvalue weighted by molar-refractivity contribution is 0.100. The number of amides is 1. The fraction of sp³-hybridized carbons (Fsp3) is 0.0667. The molecule has 1 aliphatic carbocycles. The van der Waals surface area contributed by atoms with Crippen molar-refractivity contribution in [2.24, 2.45) is 16.5 Å². The monoisotopic (exact) mass is 287 g/mol. The summed E-state index contributed by atoms with van der Waals surface area (Å²) in [6.07, 6.45) is 0.743. The largest absolute Gasteiger partial charge is 0.370 e. The summed E-state index contributed by atoms with van der Waals surface area (Å²) >= 11 is 0. The highest BCUT2D eigenvalue weighted by molar-refractivity contribution is 6.04. The Morgan fingerprint density at radius 1 is 1.00 bits per heavy atom. The zero-order chi connectivity index (χ0) is 13.4. The topological polar surface area (TPSA) is 81.5 Å². The van der Waals surface area contributed by atoms with Gasteiger partial charge < -0.3 is 11.5 Å². The van der Waals surface area contributed by atoms with Gasteiger partial charge in [0.05, 0.1) is 0 Å². The van der Waals surface area contributed by atoms with E-state index in [1.807, 2.05) is 24.3 Å². The number of nitrogens with two attached hydrogens (primary N) is 2. The van der Waals surface area contributed by atoms with E-state index >= 15 is 0 Å². The molecule has 20 heavy (non-hydrogen) atoms. The molecule has 0 saturated carbocycles. The van der Waals surface area contributed by atoms with Crippen molar-refractivity contribution in [1.82, 2.24) is 0 Å². The number of nitrogens with zero attached hydrogens (tertiary/aromatic N) is 1. The molecule has 1 amide bonds. The van der Waals surface area contributed by atoms with Crippen molar-refractivity contribution in [3.05, 3.63) is 59.2 Å². The third-order valence-electron chi connectivity index (χ3n) is 3.31. The molecule has 4 N–H and O–H groups in total. The molecule has 102 valence electrons. The molecule has 2 aromatic rings. The summed E-state index contributed by atoms with van der Waals surface area (Å²) in [4.78, 5) is 15.6. The number of guanidine groups is 1. The minimum Gasteiger partial charge on any atom is -0.370 e. The number of carbonyl (C=O) groups is 1. The predicted octanol–water partition coefficient (Wildman–Crippen LogP) is 2.09. The van der Waals surface area contributed by atoms with Gasteiger partial charge in [0.25, 0.3) is 5.91 Å². The minimum absolute atomic E-state index is 0. The molecule has 5 heteroatoms. The fourth-order valence-corrected chi connectivity index (χ4v) is 2.54. The highest BCUT2D eigenvalue weighted by Gasteiger charge is 2.22. The molecule has 4 nitrogen and oxygen atoms in total. The van der Waals surface area contributed by atoms with Crippen molar-refractivity contribution < 1.29 is 4.79 Å². The van der Waals surface area contributed by atoms with E-state index in [2.05, 4.69) is 17.1 Å². The van der Waals surface area contributed by atoms with E-state index < -0.39 is 0 Å². The molecule has 0 atom stereocenters. The van der Waals surface area contributed by atoms with Crippen LogP contribution in [0.2, 0.25) is 0 Å². The second-order valence-electron chi connectivity index (χ2n) is 4.51. The first-order chi connectivity index (χ1) is 9.16. The van der Waals surface area contributed by atoms with Gasteiger partial charge in [-0.3, -0.25) is 4.79 Å². The lowest BCUT2D eigenvalue weighted by Gasteiger charge is -2.04. The Labute approximate surface area is 122 Å². The summed E-state index contributed by atoms with van der Waals surface area (Å²) in [7, 11) is 0. The number of aliphatic imine (C=N–C) groups is 1. The van der Waals surface area contributed by atoms with Gasteiger partial charge in [-0.15, -0.1) is 12.4 Å². The van der Waals surface area contributed by atoms with Crippen LogP contribution >= 0.6 is 12.4 Å². The quantitative estimate of drug-likeness (QED) is 0.531. The van der Waals surface area contributed by atoms with Crippen molar-refractivity contribution in [1.29, 1.82) is 0 Å². The van der Waals surface area contributed by atoms with E-state index in [1.54, 1.807) is 6.07 Å². The van der Waals surface area contributed by atoms with Crippen molar-refractivity contribution in [2.45, 2.75) is 6.42 Å². The molecule has 0 aromatic heterocycles. The molecule has 3 rings (SSSR count). The van der Waals surface area contributed by atoms with E-state index in [1.165, 1.54) is 11.1 Å². The van der Waals surface area contributed by atoms with Gasteiger partial charge in [-0.1, -0.05) is 36.4 Å². The second-order valence-corrected chi connectivity index (χ2v) is 4.51. The average Bonchev–Trinajstić information content (AvgIpc) is 2.76. The Bertz CT molecular complexity index is 706. The molecular weight excluding hydrogens is 274 g/mol. The summed E-state index contributed by atoms with van der Waals surface area (Å²) in [5.41, 5.74) is 15.6. The van der Waals surface area contributed by atoms with Gasteiger partial charge in [0.1, 0.15) is 0 Å². The van der Waals surface area contributed by atoms with Crippen LogP contribution in [-0.4, -0.2) is 11.9 Å². The summed E-state index contributed by atoms with van der Waals surface area (Å²) in [6, 6.07) is 13.8. The standard InChI is InChI=1S/C15H13N3O.ClH/c16-15(17)18-14(19)12-7-3-6-11-10-5-2-1-4-9(10)8-13(11)12;/h1-7H,8H2,(H4,16,17,18,19);1H. The minimum atomic E-state index is -0.385. The normalized spacial score (nSPS) is 11.0. The number of benzene rings is 2. The van der Waals surface area contributed by atoms with Gasteiger partial charge in [0, 0.05) is 5.56 Å². The van der Waals surface area contributed by atoms with E-state index in [0.29, 0.717) is 5.56 Å². The van der Waals surface area contributed by atoms with Crippen LogP contribution in [0.3, 0.4) is 0 Å². The first-order valence-electron chi connectivity index (χ1n) is 6.01. The van der Waals surface area contributed by atoms with Gasteiger partial charge in [-0.2, -0.15) is 4.99 Å². The Morgan fingerprint density at radius 2 is 1.70 bits per heavy atom. The van der Waals surface area contributed by atoms with Gasteiger partial charge in [0.2, 0.25) is 0 Å². The van der Waals surface area contributed by atoms with E-state index in [-0.39, 0.29) is 24.3 Å². The first kappa shape index (κ1) is 14.1. The van der Waals surface area contributed by atoms with Crippen LogP contribution in [0.1, 0.15) is 21.5 Å². The maximum Gasteiger partial charge on any atom is 0.280 e. The van der Waals surface area contributed by atoms with Crippen LogP contribution in [0.15, 0.2) is 47.5 Å². The van der Waals surface area contributed by atoms with Crippen LogP contribution in [-0.2, 0) is 6.42 Å². The number of carbonyl (C=O) groups excluding carboxylic acids is 1. The van der Waals surface area contributed by atoms with Crippen LogP contribution in [0, 0.1) is 0 Å². The molecule has 0 saturated heterocycles. The van der Waals surface area contributed by atoms with E-state index in [9.17, 15) is 4.79 Å². The van der Waals surface area contributed by atoms with Crippen LogP contribution in [0.5, 0.6) is 0 Å². The Kier molecular flexibility index (Phi) is 3.77. The van der Waals surface area contributed by atoms with Crippen molar-refractivity contribution in [2.75, 3.05) is 0 Å². The van der Waals surface area contributed by atoms with Crippen LogP contribution in [0.25, 0.3) is 11.1 Å². The molecule has 1 aliphatic rings. The summed E-state index contributed by atoms with van der Waals surface area (Å²) < 4.78 is 0. The summed E-state index contributed by atoms with van der Waals surface area (Å²) in [5.74, 6) is -0.595. The van der Waals surface area contributed by atoms with E-state index in [0.717, 1.165) is 17.5 Å². The van der Waals surface area contributed by atoms with Crippen LogP contribution < -0.4 is 11.5 Å². The van der Waals surface area contributed by atoms with Gasteiger partial charge in [0.15, 0.2) is 5.96 Å². The molecule has 0 unspecified atom stereocenters. The number of halogens is 1. The van der Waals surface area contributed by atoms with E-state index in [4.69, 9.17) is 11.5 Å². The molecule has 2 aromatic carbocycles. The lowest BCUT2D eigenvalue weighted by Crippen LogP contribution is -2.24. The summed E-state index contributed by atoms with van der Waals surface area (Å²) in [5, 5.41) is 0. The Morgan fingerprint density at radius 3 is 2.45 bits per heavy atom. The maximum absolute atomic E-state index is 12.0. The van der Waals surface area contributed by atoms with Crippen molar-refractivity contribution in [3.63, 3.8) is 0 Å². The first-order valence-corrected chi connectivity index (χ1v) is 6.01. The molecule has 0 spiro atoms. The average molecular weight is 288 g/mol. The highest BCUT2D eigenvalue weighted by Crippen LogP contribution is 2.38. The fourth-order valence-electron chi connectivity index (χ4n) is 2.54. The van der Waals surface area contributed by atoms with Crippen molar-refractivity contribution in [3.8, 4) is 11.1 Å². The van der Waals surface area contributed by atoms with Crippen LogP contribution in [0.4, 0.5) is 0 Å². The zero-order valence-electron chi connectivity index (χ0n) is 10.7. The summed E-state index contributed by atoms with van der Waals surface area (Å²) in [6.45, 7) is 0. The molecule has 0 bridgehead atoms.